The average Bonchev–Trinajstić information content (AvgIpc) is 2.70. The molecule has 0 saturated heterocycles. The van der Waals surface area contributed by atoms with Gasteiger partial charge in [0.15, 0.2) is 0 Å². The van der Waals surface area contributed by atoms with E-state index in [-0.39, 0.29) is 16.5 Å². The van der Waals surface area contributed by atoms with Crippen LogP contribution in [0.3, 0.4) is 0 Å². The van der Waals surface area contributed by atoms with Gasteiger partial charge in [0, 0.05) is 11.1 Å². The maximum atomic E-state index is 13.0. The molecule has 3 aromatic rings. The molecule has 194 valence electrons. The Balaban J connectivity index is 2.32. The topological polar surface area (TPSA) is 69.2 Å². The lowest BCUT2D eigenvalue weighted by Crippen LogP contribution is -2.28. The van der Waals surface area contributed by atoms with E-state index in [0.29, 0.717) is 16.8 Å². The van der Waals surface area contributed by atoms with Crippen LogP contribution in [0.1, 0.15) is 63.8 Å². The normalized spacial score (nSPS) is 13.1. The van der Waals surface area contributed by atoms with E-state index >= 15 is 0 Å². The molecule has 1 aromatic heterocycles. The standard InChI is InChI=1S/C27H31F3N2O3S/c1-16-9-18(13-20(11-16)25(3,4)5)23-24(19-10-17(2)12-21(14-19)26(6,7)8)32-22(15-31-23)35-36(33,34)27(28,29)30/h9-15H,1-8H3. The second-order valence-corrected chi connectivity index (χ2v) is 12.6. The van der Waals surface area contributed by atoms with Crippen LogP contribution in [0.2, 0.25) is 0 Å². The molecule has 1 heterocycles. The van der Waals surface area contributed by atoms with E-state index in [0.717, 1.165) is 28.5 Å². The van der Waals surface area contributed by atoms with Crippen LogP contribution in [0.5, 0.6) is 5.88 Å². The van der Waals surface area contributed by atoms with Crippen molar-refractivity contribution in [2.45, 2.75) is 71.7 Å². The number of alkyl halides is 3. The summed E-state index contributed by atoms with van der Waals surface area (Å²) in [7, 11) is -5.90. The highest BCUT2D eigenvalue weighted by atomic mass is 32.2. The Bertz CT molecular complexity index is 1400. The zero-order chi connectivity index (χ0) is 27.3. The van der Waals surface area contributed by atoms with Crippen LogP contribution >= 0.6 is 0 Å². The minimum atomic E-state index is -5.90. The first-order valence-corrected chi connectivity index (χ1v) is 12.8. The molecule has 9 heteroatoms. The Kier molecular flexibility index (Phi) is 7.05. The van der Waals surface area contributed by atoms with E-state index < -0.39 is 21.5 Å². The summed E-state index contributed by atoms with van der Waals surface area (Å²) in [4.78, 5) is 8.60. The number of hydrogen-bond donors (Lipinski definition) is 0. The molecule has 36 heavy (non-hydrogen) atoms. The largest absolute Gasteiger partial charge is 0.534 e. The van der Waals surface area contributed by atoms with Crippen LogP contribution in [0.25, 0.3) is 22.5 Å². The summed E-state index contributed by atoms with van der Waals surface area (Å²) in [5, 5.41) is 0. The van der Waals surface area contributed by atoms with Crippen LogP contribution < -0.4 is 4.18 Å². The van der Waals surface area contributed by atoms with E-state index in [9.17, 15) is 21.6 Å². The zero-order valence-corrected chi connectivity index (χ0v) is 22.5. The quantitative estimate of drug-likeness (QED) is 0.268. The fraction of sp³-hybridized carbons (Fsp3) is 0.407. The summed E-state index contributed by atoms with van der Waals surface area (Å²) in [5.74, 6) is -0.756. The predicted octanol–water partition coefficient (Wildman–Crippen LogP) is 7.25. The lowest BCUT2D eigenvalue weighted by atomic mass is 9.83. The lowest BCUT2D eigenvalue weighted by molar-refractivity contribution is -0.0501. The molecule has 0 spiro atoms. The number of halogens is 3. The molecule has 0 unspecified atom stereocenters. The Labute approximate surface area is 210 Å². The molecule has 0 aliphatic rings. The van der Waals surface area contributed by atoms with Crippen molar-refractivity contribution in [1.82, 2.24) is 9.97 Å². The smallest absolute Gasteiger partial charge is 0.354 e. The van der Waals surface area contributed by atoms with Gasteiger partial charge in [0.1, 0.15) is 5.69 Å². The monoisotopic (exact) mass is 520 g/mol. The Morgan fingerprint density at radius 1 is 0.722 bits per heavy atom. The van der Waals surface area contributed by atoms with E-state index in [4.69, 9.17) is 0 Å². The highest BCUT2D eigenvalue weighted by Crippen LogP contribution is 2.37. The summed E-state index contributed by atoms with van der Waals surface area (Å²) in [6.45, 7) is 16.2. The molecule has 0 amide bonds. The molecule has 3 rings (SSSR count). The maximum Gasteiger partial charge on any atom is 0.534 e. The highest BCUT2D eigenvalue weighted by Gasteiger charge is 2.49. The minimum Gasteiger partial charge on any atom is -0.354 e. The zero-order valence-electron chi connectivity index (χ0n) is 21.7. The molecule has 0 aliphatic heterocycles. The second-order valence-electron chi connectivity index (χ2n) is 11.1. The van der Waals surface area contributed by atoms with E-state index in [2.05, 4.69) is 41.0 Å². The molecule has 0 bridgehead atoms. The molecule has 0 saturated carbocycles. The van der Waals surface area contributed by atoms with Gasteiger partial charge < -0.3 is 4.18 Å². The van der Waals surface area contributed by atoms with Crippen molar-refractivity contribution >= 4 is 10.1 Å². The summed E-state index contributed by atoms with van der Waals surface area (Å²) in [6, 6.07) is 11.7. The molecular formula is C27H31F3N2O3S. The predicted molar refractivity (Wildman–Crippen MR) is 135 cm³/mol. The van der Waals surface area contributed by atoms with Crippen molar-refractivity contribution in [3.63, 3.8) is 0 Å². The first-order chi connectivity index (χ1) is 16.3. The van der Waals surface area contributed by atoms with Gasteiger partial charge in [-0.2, -0.15) is 21.6 Å². The molecule has 0 fully saturated rings. The van der Waals surface area contributed by atoms with Crippen LogP contribution in [-0.4, -0.2) is 23.9 Å². The molecular weight excluding hydrogens is 489 g/mol. The number of nitrogens with zero attached hydrogens (tertiary/aromatic N) is 2. The summed E-state index contributed by atoms with van der Waals surface area (Å²) < 4.78 is 66.5. The number of rotatable bonds is 4. The van der Waals surface area contributed by atoms with Gasteiger partial charge in [0.25, 0.3) is 5.88 Å². The fourth-order valence-corrected chi connectivity index (χ4v) is 4.09. The first-order valence-electron chi connectivity index (χ1n) is 11.4. The van der Waals surface area contributed by atoms with Gasteiger partial charge in [-0.3, -0.25) is 0 Å². The second kappa shape index (κ2) is 9.18. The Morgan fingerprint density at radius 2 is 1.17 bits per heavy atom. The van der Waals surface area contributed by atoms with E-state index in [1.165, 1.54) is 0 Å². The van der Waals surface area contributed by atoms with Crippen molar-refractivity contribution in [2.75, 3.05) is 0 Å². The van der Waals surface area contributed by atoms with Gasteiger partial charge in [-0.25, -0.2) is 9.97 Å². The van der Waals surface area contributed by atoms with Crippen molar-refractivity contribution in [3.05, 3.63) is 64.8 Å². The van der Waals surface area contributed by atoms with Gasteiger partial charge in [-0.15, -0.1) is 0 Å². The third-order valence-electron chi connectivity index (χ3n) is 5.66. The summed E-state index contributed by atoms with van der Waals surface area (Å²) in [5.41, 5.74) is -0.105. The maximum absolute atomic E-state index is 13.0. The summed E-state index contributed by atoms with van der Waals surface area (Å²) in [6.07, 6.45) is 0.904. The molecule has 5 nitrogen and oxygen atoms in total. The Morgan fingerprint density at radius 3 is 1.58 bits per heavy atom. The van der Waals surface area contributed by atoms with Gasteiger partial charge in [0.2, 0.25) is 0 Å². The van der Waals surface area contributed by atoms with Gasteiger partial charge >= 0.3 is 15.6 Å². The van der Waals surface area contributed by atoms with Crippen molar-refractivity contribution < 1.29 is 25.8 Å². The Hall–Kier alpha value is -2.94. The lowest BCUT2D eigenvalue weighted by Gasteiger charge is -2.22. The van der Waals surface area contributed by atoms with Gasteiger partial charge in [-0.05, 0) is 60.1 Å². The molecule has 0 atom stereocenters. The SMILES string of the molecule is Cc1cc(-c2ncc(OS(=O)(=O)C(F)(F)F)nc2-c2cc(C)cc(C(C)(C)C)c2)cc(C(C)(C)C)c1. The highest BCUT2D eigenvalue weighted by molar-refractivity contribution is 7.87. The minimum absolute atomic E-state index is 0.166. The third-order valence-corrected chi connectivity index (χ3v) is 6.62. The van der Waals surface area contributed by atoms with Gasteiger partial charge in [0.05, 0.1) is 11.9 Å². The van der Waals surface area contributed by atoms with E-state index in [1.807, 2.05) is 65.0 Å². The summed E-state index contributed by atoms with van der Waals surface area (Å²) >= 11 is 0. The molecule has 0 N–H and O–H groups in total. The van der Waals surface area contributed by atoms with Crippen LogP contribution in [0, 0.1) is 13.8 Å². The van der Waals surface area contributed by atoms with Crippen LogP contribution in [0.4, 0.5) is 13.2 Å². The number of aromatic nitrogens is 2. The number of hydrogen-bond acceptors (Lipinski definition) is 5. The number of aryl methyl sites for hydroxylation is 2. The molecule has 0 aliphatic carbocycles. The average molecular weight is 521 g/mol. The third kappa shape index (κ3) is 6.06. The number of benzene rings is 2. The first kappa shape index (κ1) is 27.6. The fourth-order valence-electron chi connectivity index (χ4n) is 3.69. The van der Waals surface area contributed by atoms with Crippen molar-refractivity contribution in [2.24, 2.45) is 0 Å². The van der Waals surface area contributed by atoms with Crippen LogP contribution in [0.15, 0.2) is 42.6 Å². The van der Waals surface area contributed by atoms with Crippen molar-refractivity contribution in [1.29, 1.82) is 0 Å². The van der Waals surface area contributed by atoms with Gasteiger partial charge in [-0.1, -0.05) is 64.8 Å². The molecule has 2 aromatic carbocycles. The van der Waals surface area contributed by atoms with E-state index in [1.54, 1.807) is 0 Å². The van der Waals surface area contributed by atoms with Crippen LogP contribution in [-0.2, 0) is 20.9 Å². The van der Waals surface area contributed by atoms with Crippen molar-refractivity contribution in [3.8, 4) is 28.4 Å². The molecule has 0 radical (unpaired) electrons.